The number of nitrogens with zero attached hydrogens (tertiary/aromatic N) is 2. The third-order valence-corrected chi connectivity index (χ3v) is 4.10. The molecule has 0 bridgehead atoms. The predicted octanol–water partition coefficient (Wildman–Crippen LogP) is 2.66. The molecule has 3 amide bonds. The molecule has 5 nitrogen and oxygen atoms in total. The van der Waals surface area contributed by atoms with Gasteiger partial charge in [0.15, 0.2) is 0 Å². The third kappa shape index (κ3) is 3.63. The minimum Gasteiger partial charge on any atom is -0.350 e. The van der Waals surface area contributed by atoms with Crippen molar-refractivity contribution in [1.82, 2.24) is 10.2 Å². The fraction of sp³-hybridized carbons (Fsp3) is 0.222. The van der Waals surface area contributed by atoms with Gasteiger partial charge in [-0.1, -0.05) is 18.2 Å². The number of benzene rings is 2. The molecule has 26 heavy (non-hydrogen) atoms. The average Bonchev–Trinajstić information content (AvgIpc) is 2.95. The molecule has 3 rings (SSSR count). The van der Waals surface area contributed by atoms with Crippen LogP contribution in [0.15, 0.2) is 42.5 Å². The molecule has 1 heterocycles. The van der Waals surface area contributed by atoms with Crippen molar-refractivity contribution in [3.8, 4) is 0 Å². The van der Waals surface area contributed by atoms with E-state index in [4.69, 9.17) is 0 Å². The van der Waals surface area contributed by atoms with Crippen LogP contribution in [0.2, 0.25) is 0 Å². The summed E-state index contributed by atoms with van der Waals surface area (Å²) in [6, 6.07) is 8.80. The fourth-order valence-electron chi connectivity index (χ4n) is 2.74. The molecule has 1 fully saturated rings. The first-order valence-corrected chi connectivity index (χ1v) is 7.98. The van der Waals surface area contributed by atoms with E-state index in [0.717, 1.165) is 12.1 Å². The lowest BCUT2D eigenvalue weighted by Gasteiger charge is -2.19. The van der Waals surface area contributed by atoms with Crippen molar-refractivity contribution in [2.45, 2.75) is 6.54 Å². The van der Waals surface area contributed by atoms with E-state index < -0.39 is 29.4 Å². The number of urea groups is 1. The second-order valence-electron chi connectivity index (χ2n) is 5.78. The van der Waals surface area contributed by atoms with Crippen LogP contribution in [0.4, 0.5) is 23.7 Å². The molecular formula is C18H16F3N3O2. The Morgan fingerprint density at radius 3 is 2.31 bits per heavy atom. The lowest BCUT2D eigenvalue weighted by Crippen LogP contribution is -2.40. The summed E-state index contributed by atoms with van der Waals surface area (Å²) in [6.07, 6.45) is 0. The smallest absolute Gasteiger partial charge is 0.325 e. The van der Waals surface area contributed by atoms with Gasteiger partial charge in [0, 0.05) is 25.2 Å². The molecule has 1 N–H and O–H groups in total. The van der Waals surface area contributed by atoms with Crippen molar-refractivity contribution in [2.24, 2.45) is 0 Å². The predicted molar refractivity (Wildman–Crippen MR) is 88.9 cm³/mol. The number of hydrogen-bond acceptors (Lipinski definition) is 2. The second-order valence-corrected chi connectivity index (χ2v) is 5.78. The Balaban J connectivity index is 1.59. The average molecular weight is 363 g/mol. The van der Waals surface area contributed by atoms with E-state index in [1.807, 2.05) is 0 Å². The van der Waals surface area contributed by atoms with Crippen LogP contribution in [-0.4, -0.2) is 36.5 Å². The van der Waals surface area contributed by atoms with Gasteiger partial charge in [0.1, 0.15) is 24.0 Å². The number of rotatable bonds is 5. The first kappa shape index (κ1) is 17.8. The van der Waals surface area contributed by atoms with Crippen LogP contribution >= 0.6 is 0 Å². The monoisotopic (exact) mass is 363 g/mol. The van der Waals surface area contributed by atoms with E-state index in [0.29, 0.717) is 0 Å². The minimum atomic E-state index is -0.756. The molecular weight excluding hydrogens is 347 g/mol. The number of carbonyl (C=O) groups excluding carboxylic acids is 2. The van der Waals surface area contributed by atoms with E-state index in [2.05, 4.69) is 5.32 Å². The molecule has 0 atom stereocenters. The van der Waals surface area contributed by atoms with Crippen molar-refractivity contribution >= 4 is 17.6 Å². The van der Waals surface area contributed by atoms with Crippen molar-refractivity contribution < 1.29 is 22.8 Å². The third-order valence-electron chi connectivity index (χ3n) is 4.10. The molecule has 1 saturated heterocycles. The summed E-state index contributed by atoms with van der Waals surface area (Å²) in [7, 11) is 0. The number of anilines is 1. The summed E-state index contributed by atoms with van der Waals surface area (Å²) < 4.78 is 40.9. The van der Waals surface area contributed by atoms with Crippen LogP contribution in [0.25, 0.3) is 0 Å². The lowest BCUT2D eigenvalue weighted by molar-refractivity contribution is -0.121. The van der Waals surface area contributed by atoms with Crippen molar-refractivity contribution in [3.63, 3.8) is 0 Å². The summed E-state index contributed by atoms with van der Waals surface area (Å²) >= 11 is 0. The molecule has 2 aromatic rings. The fourth-order valence-corrected chi connectivity index (χ4v) is 2.74. The molecule has 0 aromatic heterocycles. The topological polar surface area (TPSA) is 52.7 Å². The van der Waals surface area contributed by atoms with Crippen LogP contribution in [-0.2, 0) is 11.3 Å². The normalized spacial score (nSPS) is 14.0. The zero-order chi connectivity index (χ0) is 18.7. The highest BCUT2D eigenvalue weighted by atomic mass is 19.1. The van der Waals surface area contributed by atoms with Gasteiger partial charge >= 0.3 is 6.03 Å². The van der Waals surface area contributed by atoms with E-state index >= 15 is 0 Å². The Hall–Kier alpha value is -3.03. The second kappa shape index (κ2) is 7.47. The van der Waals surface area contributed by atoms with E-state index in [-0.39, 0.29) is 37.4 Å². The SMILES string of the molecule is O=C(CN1CCN(c2ccccc2F)C1=O)NCc1c(F)cccc1F. The molecule has 8 heteroatoms. The molecule has 136 valence electrons. The number of para-hydroxylation sites is 1. The molecule has 0 aliphatic carbocycles. The number of nitrogens with one attached hydrogen (secondary N) is 1. The maximum Gasteiger partial charge on any atom is 0.325 e. The van der Waals surface area contributed by atoms with Gasteiger partial charge in [-0.05, 0) is 24.3 Å². The number of carbonyl (C=O) groups is 2. The summed E-state index contributed by atoms with van der Waals surface area (Å²) in [5, 5.41) is 2.39. The van der Waals surface area contributed by atoms with E-state index in [9.17, 15) is 22.8 Å². The molecule has 0 saturated carbocycles. The van der Waals surface area contributed by atoms with Crippen molar-refractivity contribution in [3.05, 3.63) is 65.5 Å². The highest BCUT2D eigenvalue weighted by Gasteiger charge is 2.32. The highest BCUT2D eigenvalue weighted by Crippen LogP contribution is 2.23. The van der Waals surface area contributed by atoms with Crippen LogP contribution < -0.4 is 10.2 Å². The standard InChI is InChI=1S/C18H16F3N3O2/c19-13-5-3-6-14(20)12(13)10-22-17(25)11-23-8-9-24(18(23)26)16-7-2-1-4-15(16)21/h1-7H,8-11H2,(H,22,25). The molecule has 2 aromatic carbocycles. The molecule has 0 radical (unpaired) electrons. The summed E-state index contributed by atoms with van der Waals surface area (Å²) in [4.78, 5) is 26.9. The van der Waals surface area contributed by atoms with Crippen molar-refractivity contribution in [2.75, 3.05) is 24.5 Å². The van der Waals surface area contributed by atoms with Crippen LogP contribution in [0.5, 0.6) is 0 Å². The maximum absolute atomic E-state index is 13.8. The molecule has 1 aliphatic heterocycles. The Labute approximate surface area is 148 Å². The first-order chi connectivity index (χ1) is 12.5. The van der Waals surface area contributed by atoms with Gasteiger partial charge in [0.05, 0.1) is 5.69 Å². The van der Waals surface area contributed by atoms with E-state index in [1.165, 1.54) is 34.1 Å². The summed E-state index contributed by atoms with van der Waals surface area (Å²) in [5.41, 5.74) is -0.101. The Bertz CT molecular complexity index is 824. The Morgan fingerprint density at radius 1 is 0.962 bits per heavy atom. The summed E-state index contributed by atoms with van der Waals surface area (Å²) in [6.45, 7) is -0.111. The quantitative estimate of drug-likeness (QED) is 0.888. The van der Waals surface area contributed by atoms with Gasteiger partial charge in [-0.25, -0.2) is 18.0 Å². The van der Waals surface area contributed by atoms with Crippen LogP contribution in [0.3, 0.4) is 0 Å². The van der Waals surface area contributed by atoms with E-state index in [1.54, 1.807) is 6.07 Å². The largest absolute Gasteiger partial charge is 0.350 e. The summed E-state index contributed by atoms with van der Waals surface area (Å²) in [5.74, 6) is -2.60. The van der Waals surface area contributed by atoms with Crippen LogP contribution in [0.1, 0.15) is 5.56 Å². The molecule has 0 unspecified atom stereocenters. The Morgan fingerprint density at radius 2 is 1.62 bits per heavy atom. The van der Waals surface area contributed by atoms with Gasteiger partial charge in [-0.2, -0.15) is 0 Å². The lowest BCUT2D eigenvalue weighted by atomic mass is 10.2. The molecule has 1 aliphatic rings. The number of halogens is 3. The number of hydrogen-bond donors (Lipinski definition) is 1. The first-order valence-electron chi connectivity index (χ1n) is 7.98. The zero-order valence-corrected chi connectivity index (χ0v) is 13.7. The van der Waals surface area contributed by atoms with Gasteiger partial charge in [0.2, 0.25) is 5.91 Å². The highest BCUT2D eigenvalue weighted by molar-refractivity contribution is 5.96. The van der Waals surface area contributed by atoms with Gasteiger partial charge in [0.25, 0.3) is 0 Å². The van der Waals surface area contributed by atoms with Gasteiger partial charge in [-0.15, -0.1) is 0 Å². The van der Waals surface area contributed by atoms with Gasteiger partial charge < -0.3 is 10.2 Å². The Kier molecular flexibility index (Phi) is 5.11. The minimum absolute atomic E-state index is 0.147. The van der Waals surface area contributed by atoms with Crippen molar-refractivity contribution in [1.29, 1.82) is 0 Å². The molecule has 0 spiro atoms. The number of amides is 3. The zero-order valence-electron chi connectivity index (χ0n) is 13.7. The van der Waals surface area contributed by atoms with Crippen LogP contribution in [0, 0.1) is 17.5 Å². The van der Waals surface area contributed by atoms with Gasteiger partial charge in [-0.3, -0.25) is 9.69 Å². The maximum atomic E-state index is 13.8.